The Bertz CT molecular complexity index is 4220. The lowest BCUT2D eigenvalue weighted by molar-refractivity contribution is 0.321. The predicted molar refractivity (Wildman–Crippen MR) is 316 cm³/mol. The quantitative estimate of drug-likeness (QED) is 0.161. The van der Waals surface area contributed by atoms with Crippen LogP contribution in [-0.2, 0) is 0 Å². The van der Waals surface area contributed by atoms with E-state index in [1.807, 2.05) is 133 Å². The zero-order valence-corrected chi connectivity index (χ0v) is 44.9. The first kappa shape index (κ1) is 50.6. The second-order valence-electron chi connectivity index (χ2n) is 17.7. The average molecular weight is 1060 g/mol. The van der Waals surface area contributed by atoms with Crippen molar-refractivity contribution in [2.75, 3.05) is 6.61 Å². The molecule has 0 atom stereocenters. The van der Waals surface area contributed by atoms with Crippen LogP contribution in [0.1, 0.15) is 64.0 Å². The lowest BCUT2D eigenvalue weighted by Crippen LogP contribution is -2.03. The van der Waals surface area contributed by atoms with E-state index in [4.69, 9.17) is 27.9 Å². The molecule has 360 valence electrons. The Balaban J connectivity index is 0.000000119. The molecular formula is C61H48Cl2O5S4. The van der Waals surface area contributed by atoms with Gasteiger partial charge in [-0.2, -0.15) is 0 Å². The second kappa shape index (κ2) is 22.2. The number of rotatable bonds is 5. The van der Waals surface area contributed by atoms with Crippen molar-refractivity contribution >= 4 is 149 Å². The molecule has 0 unspecified atom stereocenters. The van der Waals surface area contributed by atoms with E-state index in [0.717, 1.165) is 76.7 Å². The first-order chi connectivity index (χ1) is 34.8. The lowest BCUT2D eigenvalue weighted by Gasteiger charge is -2.09. The highest BCUT2D eigenvalue weighted by Gasteiger charge is 2.15. The Morgan fingerprint density at radius 2 is 0.889 bits per heavy atom. The minimum atomic E-state index is -0.0266. The van der Waals surface area contributed by atoms with Crippen LogP contribution in [-0.4, -0.2) is 6.61 Å². The van der Waals surface area contributed by atoms with E-state index in [1.54, 1.807) is 57.5 Å². The van der Waals surface area contributed by atoms with Crippen LogP contribution < -0.4 is 26.5 Å². The van der Waals surface area contributed by atoms with E-state index in [-0.39, 0.29) is 21.7 Å². The van der Waals surface area contributed by atoms with Crippen molar-refractivity contribution in [1.29, 1.82) is 0 Å². The van der Waals surface area contributed by atoms with Gasteiger partial charge < -0.3 is 4.74 Å². The van der Waals surface area contributed by atoms with Gasteiger partial charge in [-0.3, -0.25) is 19.2 Å². The van der Waals surface area contributed by atoms with E-state index >= 15 is 0 Å². The Hall–Kier alpha value is -6.30. The topological polar surface area (TPSA) is 77.5 Å². The molecule has 12 rings (SSSR count). The fraction of sp³-hybridized carbons (Fsp3) is 0.148. The third kappa shape index (κ3) is 10.5. The number of halogens is 2. The van der Waals surface area contributed by atoms with Crippen LogP contribution in [0, 0.1) is 0 Å². The first-order valence-corrected chi connectivity index (χ1v) is 27.6. The summed E-state index contributed by atoms with van der Waals surface area (Å²) < 4.78 is 13.9. The molecule has 0 saturated heterocycles. The summed E-state index contributed by atoms with van der Waals surface area (Å²) in [5, 5.41) is 7.19. The molecule has 0 saturated carbocycles. The largest absolute Gasteiger partial charge is 0.492 e. The van der Waals surface area contributed by atoms with Gasteiger partial charge in [0.25, 0.3) is 0 Å². The number of hydrogen-bond acceptors (Lipinski definition) is 9. The maximum atomic E-state index is 12.6. The lowest BCUT2D eigenvalue weighted by atomic mass is 10.0. The molecule has 11 heteroatoms. The molecule has 0 aliphatic rings. The van der Waals surface area contributed by atoms with Crippen LogP contribution in [0.4, 0.5) is 0 Å². The smallest absolute Gasteiger partial charge is 0.197 e. The standard InChI is InChI=1S/C16H13ClO2S.2C16H14OS.C13H7ClOS/c1-2-9-19-12-8-7-11(17)14-15(18)10-5-3-4-6-13(10)20-16(12)14;1-10(2)11-7-5-8-13-15(17)12-6-3-4-9-14(12)18-16(11)13;1-10(2)11-7-8-15-13(9-11)16(17)12-5-3-4-6-14(12)18-15;14-8-5-6-12-10(7-8)13(15)9-3-1-2-4-11(9)16-12/h3-8H,2,9H2,1H3;2*3-10H,1-2H3;1-7H. The molecule has 12 aromatic rings. The second-order valence-corrected chi connectivity index (χ2v) is 22.9. The third-order valence-corrected chi connectivity index (χ3v) is 17.4. The summed E-state index contributed by atoms with van der Waals surface area (Å²) in [6.07, 6.45) is 0.923. The maximum absolute atomic E-state index is 12.6. The zero-order chi connectivity index (χ0) is 50.6. The summed E-state index contributed by atoms with van der Waals surface area (Å²) in [5.74, 6) is 1.62. The normalized spacial score (nSPS) is 11.3. The number of benzene rings is 8. The van der Waals surface area contributed by atoms with Crippen LogP contribution in [0.25, 0.3) is 80.7 Å². The van der Waals surface area contributed by atoms with Gasteiger partial charge in [0.05, 0.1) is 21.7 Å². The van der Waals surface area contributed by atoms with Crippen molar-refractivity contribution in [3.05, 3.63) is 226 Å². The third-order valence-electron chi connectivity index (χ3n) is 12.2. The number of hydrogen-bond donors (Lipinski definition) is 0. The monoisotopic (exact) mass is 1060 g/mol. The summed E-state index contributed by atoms with van der Waals surface area (Å²) in [7, 11) is 0. The van der Waals surface area contributed by atoms with Gasteiger partial charge >= 0.3 is 0 Å². The highest BCUT2D eigenvalue weighted by Crippen LogP contribution is 2.36. The molecule has 0 radical (unpaired) electrons. The van der Waals surface area contributed by atoms with Gasteiger partial charge in [0.2, 0.25) is 0 Å². The Morgan fingerprint density at radius 3 is 1.43 bits per heavy atom. The van der Waals surface area contributed by atoms with Gasteiger partial charge in [0, 0.05) is 75.6 Å². The highest BCUT2D eigenvalue weighted by molar-refractivity contribution is 7.26. The van der Waals surface area contributed by atoms with E-state index in [1.165, 1.54) is 11.1 Å². The summed E-state index contributed by atoms with van der Waals surface area (Å²) in [6, 6.07) is 52.2. The molecule has 4 heterocycles. The molecule has 8 aromatic carbocycles. The molecular weight excluding hydrogens is 1010 g/mol. The van der Waals surface area contributed by atoms with Gasteiger partial charge in [-0.25, -0.2) is 0 Å². The van der Waals surface area contributed by atoms with Crippen LogP contribution in [0.15, 0.2) is 183 Å². The minimum absolute atomic E-state index is 0.0266. The van der Waals surface area contributed by atoms with Crippen LogP contribution in [0.2, 0.25) is 10.0 Å². The molecule has 0 spiro atoms. The van der Waals surface area contributed by atoms with E-state index in [2.05, 4.69) is 52.8 Å². The molecule has 5 nitrogen and oxygen atoms in total. The molecule has 0 fully saturated rings. The molecule has 0 bridgehead atoms. The van der Waals surface area contributed by atoms with Crippen molar-refractivity contribution in [1.82, 2.24) is 0 Å². The fourth-order valence-electron chi connectivity index (χ4n) is 8.42. The fourth-order valence-corrected chi connectivity index (χ4v) is 13.5. The van der Waals surface area contributed by atoms with E-state index in [0.29, 0.717) is 44.6 Å². The minimum Gasteiger partial charge on any atom is -0.492 e. The summed E-state index contributed by atoms with van der Waals surface area (Å²) >= 11 is 18.7. The predicted octanol–water partition coefficient (Wildman–Crippen LogP) is 18.0. The van der Waals surface area contributed by atoms with Gasteiger partial charge in [0.1, 0.15) is 5.75 Å². The number of fused-ring (bicyclic) bond motifs is 8. The Morgan fingerprint density at radius 1 is 0.431 bits per heavy atom. The number of ether oxygens (including phenoxy) is 1. The average Bonchev–Trinajstić information content (AvgIpc) is 3.39. The van der Waals surface area contributed by atoms with Gasteiger partial charge in [-0.1, -0.05) is 125 Å². The summed E-state index contributed by atoms with van der Waals surface area (Å²) in [5.41, 5.74) is 2.83. The maximum Gasteiger partial charge on any atom is 0.197 e. The molecule has 0 N–H and O–H groups in total. The SMILES string of the molecule is CC(C)c1ccc2sc3ccccc3c(=O)c2c1.CC(C)c1cccc2c(=O)c3ccccc3sc12.CCCOc1ccc(Cl)c2c(=O)c3ccccc3sc12.O=c1c2ccccc2sc2ccc(Cl)cc12. The zero-order valence-electron chi connectivity index (χ0n) is 40.1. The van der Waals surface area contributed by atoms with Gasteiger partial charge in [-0.05, 0) is 126 Å². The first-order valence-electron chi connectivity index (χ1n) is 23.6. The van der Waals surface area contributed by atoms with Crippen molar-refractivity contribution in [2.45, 2.75) is 52.9 Å². The molecule has 4 aromatic heterocycles. The Kier molecular flexibility index (Phi) is 15.6. The molecule has 0 aliphatic heterocycles. The molecule has 72 heavy (non-hydrogen) atoms. The highest BCUT2D eigenvalue weighted by atomic mass is 35.5. The van der Waals surface area contributed by atoms with E-state index in [9.17, 15) is 19.2 Å². The molecule has 0 amide bonds. The molecule has 0 aliphatic carbocycles. The van der Waals surface area contributed by atoms with Crippen molar-refractivity contribution in [3.63, 3.8) is 0 Å². The van der Waals surface area contributed by atoms with Crippen molar-refractivity contribution in [2.24, 2.45) is 0 Å². The van der Waals surface area contributed by atoms with Gasteiger partial charge in [0.15, 0.2) is 21.7 Å². The van der Waals surface area contributed by atoms with Crippen LogP contribution in [0.3, 0.4) is 0 Å². The summed E-state index contributed by atoms with van der Waals surface area (Å²) in [6.45, 7) is 11.3. The summed E-state index contributed by atoms with van der Waals surface area (Å²) in [4.78, 5) is 49.7. The van der Waals surface area contributed by atoms with Crippen LogP contribution >= 0.6 is 68.5 Å². The van der Waals surface area contributed by atoms with Gasteiger partial charge in [-0.15, -0.1) is 45.3 Å². The van der Waals surface area contributed by atoms with Crippen LogP contribution in [0.5, 0.6) is 5.75 Å². The van der Waals surface area contributed by atoms with E-state index < -0.39 is 0 Å². The van der Waals surface area contributed by atoms with Crippen molar-refractivity contribution in [3.8, 4) is 5.75 Å². The Labute approximate surface area is 441 Å². The van der Waals surface area contributed by atoms with Crippen molar-refractivity contribution < 1.29 is 4.74 Å².